The molecule has 0 bridgehead atoms. The van der Waals surface area contributed by atoms with Crippen LogP contribution in [0.25, 0.3) is 0 Å². The Labute approximate surface area is 58.6 Å². The third kappa shape index (κ3) is 0.685. The summed E-state index contributed by atoms with van der Waals surface area (Å²) in [7, 11) is 0. The molecule has 0 aliphatic carbocycles. The standard InChI is InChI=1S/C6H8N4/c1-4-3-10(9)6(8)5(4)2-7/h3H,8-9H2,1H3. The maximum absolute atomic E-state index is 8.51. The van der Waals surface area contributed by atoms with Crippen LogP contribution < -0.4 is 11.6 Å². The molecule has 1 aromatic heterocycles. The number of nitrogen functional groups attached to an aromatic ring is 2. The van der Waals surface area contributed by atoms with Crippen molar-refractivity contribution in [3.8, 4) is 6.07 Å². The third-order valence-corrected chi connectivity index (χ3v) is 1.37. The van der Waals surface area contributed by atoms with Crippen LogP contribution in [0.2, 0.25) is 0 Å². The van der Waals surface area contributed by atoms with E-state index >= 15 is 0 Å². The molecule has 0 unspecified atom stereocenters. The molecule has 0 amide bonds. The Morgan fingerprint density at radius 3 is 2.50 bits per heavy atom. The Morgan fingerprint density at radius 1 is 1.70 bits per heavy atom. The van der Waals surface area contributed by atoms with Crippen molar-refractivity contribution in [2.75, 3.05) is 11.6 Å². The molecule has 0 radical (unpaired) electrons. The SMILES string of the molecule is Cc1cn(N)c(N)c1C#N. The van der Waals surface area contributed by atoms with Gasteiger partial charge in [0.05, 0.1) is 5.56 Å². The second-order valence-electron chi connectivity index (χ2n) is 2.09. The van der Waals surface area contributed by atoms with Gasteiger partial charge in [0, 0.05) is 6.20 Å². The Morgan fingerprint density at radius 2 is 2.30 bits per heavy atom. The summed E-state index contributed by atoms with van der Waals surface area (Å²) in [6.07, 6.45) is 1.62. The number of hydrogen-bond donors (Lipinski definition) is 2. The van der Waals surface area contributed by atoms with Gasteiger partial charge in [-0.3, -0.25) is 4.68 Å². The molecule has 1 heterocycles. The summed E-state index contributed by atoms with van der Waals surface area (Å²) in [5.41, 5.74) is 6.70. The van der Waals surface area contributed by atoms with E-state index in [4.69, 9.17) is 16.8 Å². The third-order valence-electron chi connectivity index (χ3n) is 1.37. The smallest absolute Gasteiger partial charge is 0.140 e. The predicted octanol–water partition coefficient (Wildman–Crippen LogP) is -0.0358. The van der Waals surface area contributed by atoms with Crippen LogP contribution in [0.1, 0.15) is 11.1 Å². The van der Waals surface area contributed by atoms with Gasteiger partial charge < -0.3 is 11.6 Å². The molecule has 4 heteroatoms. The second-order valence-corrected chi connectivity index (χ2v) is 2.09. The minimum Gasteiger partial charge on any atom is -0.383 e. The number of rotatable bonds is 0. The van der Waals surface area contributed by atoms with E-state index in [9.17, 15) is 0 Å². The van der Waals surface area contributed by atoms with E-state index in [1.165, 1.54) is 4.68 Å². The van der Waals surface area contributed by atoms with Crippen molar-refractivity contribution in [2.24, 2.45) is 0 Å². The van der Waals surface area contributed by atoms with E-state index in [0.717, 1.165) is 5.56 Å². The molecule has 1 rings (SSSR count). The Kier molecular flexibility index (Phi) is 1.27. The van der Waals surface area contributed by atoms with Crippen LogP contribution in [0.4, 0.5) is 5.82 Å². The van der Waals surface area contributed by atoms with Crippen LogP contribution in [-0.2, 0) is 0 Å². The molecule has 0 aliphatic rings. The van der Waals surface area contributed by atoms with Crippen molar-refractivity contribution in [3.63, 3.8) is 0 Å². The van der Waals surface area contributed by atoms with Crippen molar-refractivity contribution in [1.82, 2.24) is 4.68 Å². The zero-order valence-electron chi connectivity index (χ0n) is 5.63. The lowest BCUT2D eigenvalue weighted by Gasteiger charge is -1.92. The van der Waals surface area contributed by atoms with E-state index < -0.39 is 0 Å². The van der Waals surface area contributed by atoms with Crippen molar-refractivity contribution in [2.45, 2.75) is 6.92 Å². The largest absolute Gasteiger partial charge is 0.383 e. The lowest BCUT2D eigenvalue weighted by Crippen LogP contribution is -2.10. The molecule has 0 aliphatic heterocycles. The monoisotopic (exact) mass is 136 g/mol. The first-order valence-corrected chi connectivity index (χ1v) is 2.79. The lowest BCUT2D eigenvalue weighted by atomic mass is 10.2. The molecular weight excluding hydrogens is 128 g/mol. The minimum atomic E-state index is 0.319. The summed E-state index contributed by atoms with van der Waals surface area (Å²) in [5, 5.41) is 8.51. The maximum Gasteiger partial charge on any atom is 0.140 e. The number of anilines is 1. The fraction of sp³-hybridized carbons (Fsp3) is 0.167. The van der Waals surface area contributed by atoms with E-state index in [1.807, 2.05) is 6.07 Å². The molecule has 0 saturated carbocycles. The molecule has 0 fully saturated rings. The van der Waals surface area contributed by atoms with Crippen LogP contribution >= 0.6 is 0 Å². The zero-order valence-corrected chi connectivity index (χ0v) is 5.63. The summed E-state index contributed by atoms with van der Waals surface area (Å²) < 4.78 is 1.24. The Balaban J connectivity index is 3.37. The number of aryl methyl sites for hydroxylation is 1. The molecule has 0 saturated heterocycles. The number of nitrogens with zero attached hydrogens (tertiary/aromatic N) is 2. The zero-order chi connectivity index (χ0) is 7.72. The highest BCUT2D eigenvalue weighted by Gasteiger charge is 2.06. The molecule has 0 atom stereocenters. The summed E-state index contributed by atoms with van der Waals surface area (Å²) in [6.45, 7) is 1.79. The van der Waals surface area contributed by atoms with Crippen molar-refractivity contribution >= 4 is 5.82 Å². The highest BCUT2D eigenvalue weighted by Crippen LogP contribution is 2.14. The number of hydrogen-bond acceptors (Lipinski definition) is 3. The quantitative estimate of drug-likeness (QED) is 0.491. The molecule has 4 nitrogen and oxygen atoms in total. The van der Waals surface area contributed by atoms with Gasteiger partial charge in [0.2, 0.25) is 0 Å². The topological polar surface area (TPSA) is 80.8 Å². The molecule has 0 spiro atoms. The highest BCUT2D eigenvalue weighted by atomic mass is 15.3. The van der Waals surface area contributed by atoms with E-state index in [-0.39, 0.29) is 0 Å². The molecule has 52 valence electrons. The van der Waals surface area contributed by atoms with Crippen LogP contribution in [0, 0.1) is 18.3 Å². The maximum atomic E-state index is 8.51. The van der Waals surface area contributed by atoms with Gasteiger partial charge >= 0.3 is 0 Å². The first-order valence-electron chi connectivity index (χ1n) is 2.79. The van der Waals surface area contributed by atoms with Crippen LogP contribution in [-0.4, -0.2) is 4.68 Å². The highest BCUT2D eigenvalue weighted by molar-refractivity contribution is 5.54. The summed E-state index contributed by atoms with van der Waals surface area (Å²) in [5.74, 6) is 5.68. The predicted molar refractivity (Wildman–Crippen MR) is 38.4 cm³/mol. The fourth-order valence-corrected chi connectivity index (χ4v) is 0.819. The van der Waals surface area contributed by atoms with E-state index in [2.05, 4.69) is 0 Å². The van der Waals surface area contributed by atoms with E-state index in [1.54, 1.807) is 13.1 Å². The summed E-state index contributed by atoms with van der Waals surface area (Å²) >= 11 is 0. The van der Waals surface area contributed by atoms with Gasteiger partial charge in [0.25, 0.3) is 0 Å². The van der Waals surface area contributed by atoms with Gasteiger partial charge in [-0.05, 0) is 12.5 Å². The molecule has 4 N–H and O–H groups in total. The first kappa shape index (κ1) is 6.49. The van der Waals surface area contributed by atoms with Gasteiger partial charge in [-0.25, -0.2) is 0 Å². The van der Waals surface area contributed by atoms with Crippen molar-refractivity contribution in [3.05, 3.63) is 17.3 Å². The molecular formula is C6H8N4. The van der Waals surface area contributed by atoms with Gasteiger partial charge in [0.15, 0.2) is 0 Å². The Hall–Kier alpha value is -1.63. The summed E-state index contributed by atoms with van der Waals surface area (Å²) in [6, 6.07) is 1.96. The lowest BCUT2D eigenvalue weighted by molar-refractivity contribution is 1.03. The summed E-state index contributed by atoms with van der Waals surface area (Å²) in [4.78, 5) is 0. The fourth-order valence-electron chi connectivity index (χ4n) is 0.819. The van der Waals surface area contributed by atoms with Crippen molar-refractivity contribution in [1.29, 1.82) is 5.26 Å². The number of aromatic nitrogens is 1. The Bertz CT molecular complexity index is 291. The minimum absolute atomic E-state index is 0.319. The number of nitrogens with two attached hydrogens (primary N) is 2. The van der Waals surface area contributed by atoms with E-state index in [0.29, 0.717) is 11.4 Å². The average Bonchev–Trinajstić information content (AvgIpc) is 2.09. The van der Waals surface area contributed by atoms with Crippen LogP contribution in [0.3, 0.4) is 0 Å². The van der Waals surface area contributed by atoms with Crippen LogP contribution in [0.15, 0.2) is 6.20 Å². The second kappa shape index (κ2) is 1.95. The van der Waals surface area contributed by atoms with Gasteiger partial charge in [-0.2, -0.15) is 5.26 Å². The van der Waals surface area contributed by atoms with Crippen molar-refractivity contribution < 1.29 is 0 Å². The molecule has 0 aromatic carbocycles. The van der Waals surface area contributed by atoms with Gasteiger partial charge in [0.1, 0.15) is 11.9 Å². The molecule has 10 heavy (non-hydrogen) atoms. The average molecular weight is 136 g/mol. The normalized spacial score (nSPS) is 9.20. The van der Waals surface area contributed by atoms with Gasteiger partial charge in [-0.15, -0.1) is 0 Å². The number of nitriles is 1. The first-order chi connectivity index (χ1) is 4.66. The molecule has 1 aromatic rings. The van der Waals surface area contributed by atoms with Crippen LogP contribution in [0.5, 0.6) is 0 Å². The van der Waals surface area contributed by atoms with Gasteiger partial charge in [-0.1, -0.05) is 0 Å².